The molecule has 0 amide bonds. The maximum absolute atomic E-state index is 11.3. The molecule has 0 aliphatic heterocycles. The molecule has 3 nitrogen and oxygen atoms in total. The van der Waals surface area contributed by atoms with Gasteiger partial charge in [0.2, 0.25) is 0 Å². The van der Waals surface area contributed by atoms with Crippen LogP contribution in [0.5, 0.6) is 0 Å². The summed E-state index contributed by atoms with van der Waals surface area (Å²) in [4.78, 5) is 11.3. The zero-order valence-electron chi connectivity index (χ0n) is 9.50. The molecule has 0 aromatic rings. The monoisotopic (exact) mass is 216 g/mol. The molecule has 14 heavy (non-hydrogen) atoms. The first-order valence-electron chi connectivity index (χ1n) is 5.07. The van der Waals surface area contributed by atoms with Gasteiger partial charge in [-0.25, -0.2) is 4.79 Å². The predicted molar refractivity (Wildman–Crippen MR) is 60.3 cm³/mol. The maximum Gasteiger partial charge on any atom is 0.336 e. The van der Waals surface area contributed by atoms with Crippen LogP contribution < -0.4 is 0 Å². The summed E-state index contributed by atoms with van der Waals surface area (Å²) in [6, 6.07) is 1.17. The van der Waals surface area contributed by atoms with Crippen molar-refractivity contribution in [2.45, 2.75) is 39.3 Å². The third-order valence-electron chi connectivity index (χ3n) is 1.57. The van der Waals surface area contributed by atoms with Crippen LogP contribution in [0.4, 0.5) is 0 Å². The average molecular weight is 216 g/mol. The Hall–Kier alpha value is -0.773. The van der Waals surface area contributed by atoms with Gasteiger partial charge in [-0.05, 0) is 27.2 Å². The van der Waals surface area contributed by atoms with Crippen LogP contribution in [0.2, 0.25) is 6.04 Å². The van der Waals surface area contributed by atoms with E-state index >= 15 is 0 Å². The van der Waals surface area contributed by atoms with Gasteiger partial charge in [0.1, 0.15) is 0 Å². The number of ether oxygens (including phenoxy) is 2. The molecule has 0 N–H and O–H groups in total. The van der Waals surface area contributed by atoms with Crippen molar-refractivity contribution in [1.82, 2.24) is 0 Å². The largest absolute Gasteiger partial charge is 0.498 e. The van der Waals surface area contributed by atoms with E-state index in [0.717, 1.165) is 16.7 Å². The number of esters is 1. The van der Waals surface area contributed by atoms with Crippen LogP contribution in [0.25, 0.3) is 0 Å². The van der Waals surface area contributed by atoms with Crippen molar-refractivity contribution in [2.24, 2.45) is 0 Å². The zero-order valence-corrected chi connectivity index (χ0v) is 11.5. The second-order valence-corrected chi connectivity index (χ2v) is 4.48. The second kappa shape index (κ2) is 7.61. The molecule has 0 saturated heterocycles. The fourth-order valence-electron chi connectivity index (χ4n) is 0.709. The first-order valence-corrected chi connectivity index (χ1v) is 6.48. The van der Waals surface area contributed by atoms with Crippen LogP contribution in [0.15, 0.2) is 11.8 Å². The standard InChI is InChI=1S/C10H20O3Si/c1-8(2)13-7-9(3)10(11)12-5-4-6-14/h7-8H,4-6H2,1-3,14H3. The normalized spacial score (nSPS) is 11.9. The van der Waals surface area contributed by atoms with Gasteiger partial charge in [-0.15, -0.1) is 0 Å². The summed E-state index contributed by atoms with van der Waals surface area (Å²) < 4.78 is 10.2. The molecule has 82 valence electrons. The Kier molecular flexibility index (Phi) is 7.19. The minimum absolute atomic E-state index is 0.0967. The summed E-state index contributed by atoms with van der Waals surface area (Å²) in [5, 5.41) is 0. The quantitative estimate of drug-likeness (QED) is 0.219. The third kappa shape index (κ3) is 6.71. The second-order valence-electron chi connectivity index (χ2n) is 3.48. The molecule has 0 aliphatic rings. The van der Waals surface area contributed by atoms with E-state index in [1.807, 2.05) is 13.8 Å². The van der Waals surface area contributed by atoms with Gasteiger partial charge in [0, 0.05) is 10.2 Å². The Labute approximate surface area is 88.9 Å². The highest BCUT2D eigenvalue weighted by Crippen LogP contribution is 2.00. The Morgan fingerprint density at radius 1 is 1.50 bits per heavy atom. The smallest absolute Gasteiger partial charge is 0.336 e. The van der Waals surface area contributed by atoms with Crippen molar-refractivity contribution >= 4 is 16.2 Å². The van der Waals surface area contributed by atoms with Crippen LogP contribution in [0, 0.1) is 0 Å². The molecular weight excluding hydrogens is 196 g/mol. The molecule has 0 aliphatic carbocycles. The highest BCUT2D eigenvalue weighted by atomic mass is 28.1. The minimum Gasteiger partial charge on any atom is -0.498 e. The molecule has 0 atom stereocenters. The molecule has 0 heterocycles. The number of rotatable bonds is 6. The lowest BCUT2D eigenvalue weighted by Crippen LogP contribution is -2.08. The van der Waals surface area contributed by atoms with E-state index in [0.29, 0.717) is 12.2 Å². The van der Waals surface area contributed by atoms with E-state index < -0.39 is 0 Å². The molecule has 0 bridgehead atoms. The highest BCUT2D eigenvalue weighted by molar-refractivity contribution is 6.08. The van der Waals surface area contributed by atoms with Gasteiger partial charge in [0.05, 0.1) is 24.5 Å². The topological polar surface area (TPSA) is 35.5 Å². The number of carbonyl (C=O) groups excluding carboxylic acids is 1. The molecule has 0 unspecified atom stereocenters. The number of hydrogen-bond acceptors (Lipinski definition) is 3. The Balaban J connectivity index is 3.80. The fourth-order valence-corrected chi connectivity index (χ4v) is 0.998. The van der Waals surface area contributed by atoms with Gasteiger partial charge in [0.15, 0.2) is 0 Å². The summed E-state index contributed by atoms with van der Waals surface area (Å²) in [7, 11) is 1.16. The Bertz CT molecular complexity index is 200. The fraction of sp³-hybridized carbons (Fsp3) is 0.700. The van der Waals surface area contributed by atoms with Gasteiger partial charge in [-0.3, -0.25) is 0 Å². The third-order valence-corrected chi connectivity index (χ3v) is 2.28. The Morgan fingerprint density at radius 2 is 2.14 bits per heavy atom. The molecule has 0 rings (SSSR count). The first-order chi connectivity index (χ1) is 6.57. The van der Waals surface area contributed by atoms with Crippen LogP contribution >= 0.6 is 0 Å². The van der Waals surface area contributed by atoms with E-state index in [-0.39, 0.29) is 12.1 Å². The van der Waals surface area contributed by atoms with Gasteiger partial charge < -0.3 is 9.47 Å². The van der Waals surface area contributed by atoms with Crippen molar-refractivity contribution in [3.63, 3.8) is 0 Å². The molecule has 0 aromatic heterocycles. The highest BCUT2D eigenvalue weighted by Gasteiger charge is 2.05. The van der Waals surface area contributed by atoms with E-state index in [1.54, 1.807) is 6.92 Å². The molecule has 4 heteroatoms. The molecule has 0 fully saturated rings. The lowest BCUT2D eigenvalue weighted by atomic mass is 10.3. The van der Waals surface area contributed by atoms with E-state index in [9.17, 15) is 4.79 Å². The van der Waals surface area contributed by atoms with Gasteiger partial charge in [-0.1, -0.05) is 6.04 Å². The summed E-state index contributed by atoms with van der Waals surface area (Å²) in [5.74, 6) is -0.277. The van der Waals surface area contributed by atoms with Crippen LogP contribution in [0.3, 0.4) is 0 Å². The average Bonchev–Trinajstić information content (AvgIpc) is 2.14. The van der Waals surface area contributed by atoms with Crippen molar-refractivity contribution in [1.29, 1.82) is 0 Å². The van der Waals surface area contributed by atoms with Gasteiger partial charge >= 0.3 is 5.97 Å². The first kappa shape index (κ1) is 13.2. The lowest BCUT2D eigenvalue weighted by Gasteiger charge is -2.06. The predicted octanol–water partition coefficient (Wildman–Crippen LogP) is 1.03. The lowest BCUT2D eigenvalue weighted by molar-refractivity contribution is -0.139. The van der Waals surface area contributed by atoms with E-state index in [2.05, 4.69) is 0 Å². The van der Waals surface area contributed by atoms with E-state index in [4.69, 9.17) is 9.47 Å². The maximum atomic E-state index is 11.3. The van der Waals surface area contributed by atoms with Gasteiger partial charge in [0.25, 0.3) is 0 Å². The van der Waals surface area contributed by atoms with Crippen LogP contribution in [0.1, 0.15) is 27.2 Å². The number of carbonyl (C=O) groups is 1. The van der Waals surface area contributed by atoms with Crippen LogP contribution in [-0.4, -0.2) is 28.9 Å². The van der Waals surface area contributed by atoms with Crippen molar-refractivity contribution in [2.75, 3.05) is 6.61 Å². The van der Waals surface area contributed by atoms with Gasteiger partial charge in [-0.2, -0.15) is 0 Å². The van der Waals surface area contributed by atoms with Crippen molar-refractivity contribution in [3.05, 3.63) is 11.8 Å². The molecule has 0 saturated carbocycles. The molecular formula is C10H20O3Si. The summed E-state index contributed by atoms with van der Waals surface area (Å²) in [5.41, 5.74) is 0.520. The summed E-state index contributed by atoms with van der Waals surface area (Å²) in [6.07, 6.45) is 2.53. The SMILES string of the molecule is CC(=COC(C)C)C(=O)OCCC[SiH3]. The zero-order chi connectivity index (χ0) is 11.0. The van der Waals surface area contributed by atoms with Crippen molar-refractivity contribution < 1.29 is 14.3 Å². The number of hydrogen-bond donors (Lipinski definition) is 0. The summed E-state index contributed by atoms with van der Waals surface area (Å²) >= 11 is 0. The van der Waals surface area contributed by atoms with Crippen LogP contribution in [-0.2, 0) is 14.3 Å². The summed E-state index contributed by atoms with van der Waals surface area (Å²) in [6.45, 7) is 6.05. The van der Waals surface area contributed by atoms with E-state index in [1.165, 1.54) is 12.3 Å². The van der Waals surface area contributed by atoms with Crippen molar-refractivity contribution in [3.8, 4) is 0 Å². The molecule has 0 aromatic carbocycles. The molecule has 0 radical (unpaired) electrons. The molecule has 0 spiro atoms. The minimum atomic E-state index is -0.277. The Morgan fingerprint density at radius 3 is 2.64 bits per heavy atom.